The molecule has 46 valence electrons. The van der Waals surface area contributed by atoms with Crippen molar-refractivity contribution in [3.8, 4) is 0 Å². The van der Waals surface area contributed by atoms with Crippen molar-refractivity contribution in [1.82, 2.24) is 0 Å². The van der Waals surface area contributed by atoms with Gasteiger partial charge in [-0.1, -0.05) is 6.08 Å². The predicted octanol–water partition coefficient (Wildman–Crippen LogP) is 0.514. The lowest BCUT2D eigenvalue weighted by Crippen LogP contribution is -1.80. The summed E-state index contributed by atoms with van der Waals surface area (Å²) in [4.78, 5) is 9.86. The molecule has 2 nitrogen and oxygen atoms in total. The van der Waals surface area contributed by atoms with Crippen LogP contribution >= 0.6 is 0 Å². The van der Waals surface area contributed by atoms with Crippen molar-refractivity contribution < 1.29 is 9.90 Å². The Morgan fingerprint density at radius 3 is 2.75 bits per heavy atom. The number of hydrogen-bond acceptors (Lipinski definition) is 2. The molecule has 0 rings (SSSR count). The van der Waals surface area contributed by atoms with E-state index in [1.807, 2.05) is 0 Å². The van der Waals surface area contributed by atoms with Gasteiger partial charge in [0.25, 0.3) is 0 Å². The Balaban J connectivity index is 3.40. The maximum atomic E-state index is 9.86. The summed E-state index contributed by atoms with van der Waals surface area (Å²) in [5.74, 6) is 0. The number of aldehydes is 1. The average Bonchev–Trinajstić information content (AvgIpc) is 1.83. The molecule has 0 aliphatic rings. The highest BCUT2D eigenvalue weighted by atomic mass is 16.2. The van der Waals surface area contributed by atoms with E-state index in [4.69, 9.17) is 5.11 Å². The molecule has 0 aromatic heterocycles. The maximum Gasteiger partial charge on any atom is 0.145 e. The molecule has 0 bridgehead atoms. The third kappa shape index (κ3) is 3.56. The summed E-state index contributed by atoms with van der Waals surface area (Å²) in [6.45, 7) is 1.83. The molecular weight excluding hydrogens is 104 g/mol. The zero-order valence-corrected chi connectivity index (χ0v) is 4.92. The highest BCUT2D eigenvalue weighted by Crippen LogP contribution is 1.88. The van der Waals surface area contributed by atoms with Crippen LogP contribution in [-0.2, 0) is 4.79 Å². The van der Waals surface area contributed by atoms with Crippen molar-refractivity contribution in [2.24, 2.45) is 0 Å². The second-order valence-corrected chi connectivity index (χ2v) is 1.58. The van der Waals surface area contributed by atoms with Gasteiger partial charge in [0.1, 0.15) is 6.29 Å². The van der Waals surface area contributed by atoms with Gasteiger partial charge in [-0.25, -0.2) is 0 Å². The third-order valence-corrected chi connectivity index (χ3v) is 0.781. The smallest absolute Gasteiger partial charge is 0.145 e. The molecule has 0 spiro atoms. The third-order valence-electron chi connectivity index (χ3n) is 0.781. The number of aliphatic hydroxyl groups excluding tert-OH is 1. The number of carbonyl (C=O) groups excluding carboxylic acids is 1. The molecule has 0 heterocycles. The van der Waals surface area contributed by atoms with Crippen LogP contribution in [0, 0.1) is 0 Å². The molecule has 0 aromatic carbocycles. The fourth-order valence-corrected chi connectivity index (χ4v) is 0.340. The molecule has 0 radical (unpaired) electrons. The van der Waals surface area contributed by atoms with Gasteiger partial charge in [0.15, 0.2) is 0 Å². The summed E-state index contributed by atoms with van der Waals surface area (Å²) in [6, 6.07) is 0. The summed E-state index contributed by atoms with van der Waals surface area (Å²) in [6.07, 6.45) is 3.05. The van der Waals surface area contributed by atoms with Gasteiger partial charge in [-0.15, -0.1) is 0 Å². The fraction of sp³-hybridized carbons (Fsp3) is 0.500. The maximum absolute atomic E-state index is 9.86. The number of allylic oxidation sites excluding steroid dienone is 1. The first-order chi connectivity index (χ1) is 3.81. The predicted molar refractivity (Wildman–Crippen MR) is 31.5 cm³/mol. The minimum atomic E-state index is 0.116. The summed E-state index contributed by atoms with van der Waals surface area (Å²) < 4.78 is 0. The van der Waals surface area contributed by atoms with Gasteiger partial charge in [-0.3, -0.25) is 4.79 Å². The van der Waals surface area contributed by atoms with Gasteiger partial charge in [-0.05, 0) is 18.9 Å². The van der Waals surface area contributed by atoms with Crippen LogP contribution in [0.2, 0.25) is 0 Å². The van der Waals surface area contributed by atoms with Crippen LogP contribution in [0.4, 0.5) is 0 Å². The molecule has 0 saturated heterocycles. The van der Waals surface area contributed by atoms with Crippen LogP contribution in [0.3, 0.4) is 0 Å². The molecule has 0 aliphatic carbocycles. The van der Waals surface area contributed by atoms with Crippen molar-refractivity contribution in [2.45, 2.75) is 13.3 Å². The minimum absolute atomic E-state index is 0.116. The second-order valence-electron chi connectivity index (χ2n) is 1.58. The van der Waals surface area contributed by atoms with Crippen LogP contribution < -0.4 is 0 Å². The Hall–Kier alpha value is -0.630. The molecule has 1 N–H and O–H groups in total. The number of rotatable bonds is 3. The summed E-state index contributed by atoms with van der Waals surface area (Å²) >= 11 is 0. The van der Waals surface area contributed by atoms with Crippen molar-refractivity contribution in [3.05, 3.63) is 11.6 Å². The van der Waals surface area contributed by atoms with Crippen molar-refractivity contribution in [2.75, 3.05) is 6.61 Å². The van der Waals surface area contributed by atoms with E-state index in [0.29, 0.717) is 12.0 Å². The summed E-state index contributed by atoms with van der Waals surface area (Å²) in [5.41, 5.74) is 0.680. The zero-order valence-electron chi connectivity index (χ0n) is 4.92. The van der Waals surface area contributed by atoms with Crippen molar-refractivity contribution >= 4 is 6.29 Å². The lowest BCUT2D eigenvalue weighted by molar-refractivity contribution is -0.104. The topological polar surface area (TPSA) is 37.3 Å². The Morgan fingerprint density at radius 2 is 2.38 bits per heavy atom. The molecule has 0 atom stereocenters. The zero-order chi connectivity index (χ0) is 6.41. The van der Waals surface area contributed by atoms with Crippen molar-refractivity contribution in [3.63, 3.8) is 0 Å². The molecular formula is C6H10O2. The first kappa shape index (κ1) is 7.37. The van der Waals surface area contributed by atoms with Gasteiger partial charge in [0.2, 0.25) is 0 Å². The average molecular weight is 114 g/mol. The molecule has 2 heteroatoms. The summed E-state index contributed by atoms with van der Waals surface area (Å²) in [5, 5.41) is 8.25. The number of hydrogen-bond donors (Lipinski definition) is 1. The molecule has 0 fully saturated rings. The van der Waals surface area contributed by atoms with E-state index in [2.05, 4.69) is 0 Å². The van der Waals surface area contributed by atoms with Gasteiger partial charge in [0.05, 0.1) is 0 Å². The minimum Gasteiger partial charge on any atom is -0.396 e. The van der Waals surface area contributed by atoms with E-state index in [1.54, 1.807) is 13.0 Å². The van der Waals surface area contributed by atoms with Crippen LogP contribution in [0.15, 0.2) is 11.6 Å². The van der Waals surface area contributed by atoms with Gasteiger partial charge in [-0.2, -0.15) is 0 Å². The summed E-state index contributed by atoms with van der Waals surface area (Å²) in [7, 11) is 0. The molecule has 8 heavy (non-hydrogen) atoms. The molecule has 0 saturated carbocycles. The molecule has 0 amide bonds. The van der Waals surface area contributed by atoms with E-state index < -0.39 is 0 Å². The Bertz CT molecular complexity index is 94.7. The quantitative estimate of drug-likeness (QED) is 0.429. The Kier molecular flexibility index (Phi) is 4.17. The SMILES string of the molecule is CC(C=O)=CCCO. The van der Waals surface area contributed by atoms with Gasteiger partial charge >= 0.3 is 0 Å². The van der Waals surface area contributed by atoms with E-state index in [1.165, 1.54) is 0 Å². The van der Waals surface area contributed by atoms with E-state index in [9.17, 15) is 4.79 Å². The van der Waals surface area contributed by atoms with E-state index in [-0.39, 0.29) is 6.61 Å². The first-order valence-corrected chi connectivity index (χ1v) is 2.54. The highest BCUT2D eigenvalue weighted by Gasteiger charge is 1.80. The number of carbonyl (C=O) groups is 1. The standard InChI is InChI=1S/C6H10O2/c1-6(5-8)3-2-4-7/h3,5,7H,2,4H2,1H3. The molecule has 0 aliphatic heterocycles. The van der Waals surface area contributed by atoms with Crippen LogP contribution in [0.25, 0.3) is 0 Å². The van der Waals surface area contributed by atoms with Gasteiger partial charge in [0, 0.05) is 6.61 Å². The molecule has 0 unspecified atom stereocenters. The lowest BCUT2D eigenvalue weighted by atomic mass is 10.3. The first-order valence-electron chi connectivity index (χ1n) is 2.54. The highest BCUT2D eigenvalue weighted by molar-refractivity contribution is 5.71. The van der Waals surface area contributed by atoms with Crippen LogP contribution in [-0.4, -0.2) is 18.0 Å². The van der Waals surface area contributed by atoms with Crippen molar-refractivity contribution in [1.29, 1.82) is 0 Å². The second kappa shape index (κ2) is 4.53. The molecule has 0 aromatic rings. The number of aliphatic hydroxyl groups is 1. The van der Waals surface area contributed by atoms with E-state index >= 15 is 0 Å². The van der Waals surface area contributed by atoms with Crippen LogP contribution in [0.5, 0.6) is 0 Å². The Morgan fingerprint density at radius 1 is 1.75 bits per heavy atom. The normalized spacial score (nSPS) is 11.5. The largest absolute Gasteiger partial charge is 0.396 e. The van der Waals surface area contributed by atoms with Crippen LogP contribution in [0.1, 0.15) is 13.3 Å². The fourth-order valence-electron chi connectivity index (χ4n) is 0.340. The van der Waals surface area contributed by atoms with E-state index in [0.717, 1.165) is 6.29 Å². The van der Waals surface area contributed by atoms with Gasteiger partial charge < -0.3 is 5.11 Å². The monoisotopic (exact) mass is 114 g/mol. The Labute approximate surface area is 48.8 Å². The lowest BCUT2D eigenvalue weighted by Gasteiger charge is -1.84.